The number of carboxylic acids is 1. The van der Waals surface area contributed by atoms with Crippen LogP contribution in [0.1, 0.15) is 49.0 Å². The summed E-state index contributed by atoms with van der Waals surface area (Å²) in [5, 5.41) is 9.21. The summed E-state index contributed by atoms with van der Waals surface area (Å²) in [6.45, 7) is 0.859. The van der Waals surface area contributed by atoms with Gasteiger partial charge in [-0.3, -0.25) is 0 Å². The van der Waals surface area contributed by atoms with Crippen molar-refractivity contribution in [2.24, 2.45) is 23.2 Å². The second-order valence-electron chi connectivity index (χ2n) is 7.13. The molecule has 0 aliphatic heterocycles. The zero-order valence-corrected chi connectivity index (χ0v) is 11.1. The molecule has 0 amide bonds. The van der Waals surface area contributed by atoms with E-state index < -0.39 is 5.97 Å². The van der Waals surface area contributed by atoms with Gasteiger partial charge in [0, 0.05) is 6.54 Å². The fourth-order valence-corrected chi connectivity index (χ4v) is 5.47. The minimum absolute atomic E-state index is 0.343. The highest BCUT2D eigenvalue weighted by atomic mass is 16.4. The van der Waals surface area contributed by atoms with Crippen molar-refractivity contribution in [1.82, 2.24) is 9.55 Å². The van der Waals surface area contributed by atoms with Gasteiger partial charge in [0.05, 0.1) is 12.5 Å². The summed E-state index contributed by atoms with van der Waals surface area (Å²) in [5.41, 5.74) is 0.704. The molecule has 1 heterocycles. The van der Waals surface area contributed by atoms with Gasteiger partial charge in [-0.05, 0) is 61.7 Å². The Labute approximate surface area is 112 Å². The number of hydrogen-bond acceptors (Lipinski definition) is 2. The molecule has 4 saturated carbocycles. The van der Waals surface area contributed by atoms with Gasteiger partial charge in [-0.15, -0.1) is 0 Å². The topological polar surface area (TPSA) is 55.1 Å². The minimum Gasteiger partial charge on any atom is -0.477 e. The van der Waals surface area contributed by atoms with Crippen LogP contribution in [0.4, 0.5) is 0 Å². The maximum absolute atomic E-state index is 11.2. The van der Waals surface area contributed by atoms with E-state index in [1.54, 1.807) is 6.33 Å². The van der Waals surface area contributed by atoms with Crippen LogP contribution in [0.5, 0.6) is 0 Å². The predicted octanol–water partition coefficient (Wildman–Crippen LogP) is 2.80. The fourth-order valence-electron chi connectivity index (χ4n) is 5.47. The Morgan fingerprint density at radius 3 is 2.37 bits per heavy atom. The highest BCUT2D eigenvalue weighted by Gasteiger charge is 2.51. The molecule has 1 aromatic heterocycles. The number of imidazole rings is 1. The van der Waals surface area contributed by atoms with Gasteiger partial charge in [0.15, 0.2) is 0 Å². The van der Waals surface area contributed by atoms with E-state index in [0.29, 0.717) is 11.1 Å². The summed E-state index contributed by atoms with van der Waals surface area (Å²) in [7, 11) is 0. The van der Waals surface area contributed by atoms with Crippen molar-refractivity contribution in [3.05, 3.63) is 18.2 Å². The predicted molar refractivity (Wildman–Crippen MR) is 69.8 cm³/mol. The number of aromatic carboxylic acids is 1. The standard InChI is InChI=1S/C15H20N2O2/c18-14(19)13-7-16-9-17(13)8-15-4-10-1-11(5-15)3-12(2-10)6-15/h7,9-12H,1-6,8H2,(H,18,19). The summed E-state index contributed by atoms with van der Waals surface area (Å²) < 4.78 is 1.87. The molecule has 0 saturated heterocycles. The van der Waals surface area contributed by atoms with Crippen LogP contribution in [0, 0.1) is 23.2 Å². The Bertz CT molecular complexity index is 485. The van der Waals surface area contributed by atoms with Gasteiger partial charge in [-0.25, -0.2) is 9.78 Å². The fraction of sp³-hybridized carbons (Fsp3) is 0.733. The maximum atomic E-state index is 11.2. The monoisotopic (exact) mass is 260 g/mol. The molecule has 19 heavy (non-hydrogen) atoms. The molecule has 0 radical (unpaired) electrons. The molecule has 4 nitrogen and oxygen atoms in total. The lowest BCUT2D eigenvalue weighted by molar-refractivity contribution is -0.0621. The second kappa shape index (κ2) is 3.84. The van der Waals surface area contributed by atoms with Gasteiger partial charge in [-0.2, -0.15) is 0 Å². The van der Waals surface area contributed by atoms with Crippen LogP contribution < -0.4 is 0 Å². The van der Waals surface area contributed by atoms with Gasteiger partial charge in [0.2, 0.25) is 0 Å². The third kappa shape index (κ3) is 1.80. The summed E-state index contributed by atoms with van der Waals surface area (Å²) in [6.07, 6.45) is 11.4. The van der Waals surface area contributed by atoms with Crippen LogP contribution in [-0.2, 0) is 6.54 Å². The highest BCUT2D eigenvalue weighted by Crippen LogP contribution is 2.60. The molecular weight excluding hydrogens is 240 g/mol. The van der Waals surface area contributed by atoms with E-state index in [4.69, 9.17) is 0 Å². The first-order chi connectivity index (χ1) is 9.13. The van der Waals surface area contributed by atoms with Gasteiger partial charge >= 0.3 is 5.97 Å². The van der Waals surface area contributed by atoms with Gasteiger partial charge in [0.1, 0.15) is 5.69 Å². The van der Waals surface area contributed by atoms with Gasteiger partial charge < -0.3 is 9.67 Å². The number of carbonyl (C=O) groups is 1. The average molecular weight is 260 g/mol. The van der Waals surface area contributed by atoms with Crippen LogP contribution in [-0.4, -0.2) is 20.6 Å². The smallest absolute Gasteiger partial charge is 0.354 e. The van der Waals surface area contributed by atoms with E-state index in [2.05, 4.69) is 4.98 Å². The first-order valence-corrected chi connectivity index (χ1v) is 7.37. The Balaban J connectivity index is 1.62. The molecule has 0 spiro atoms. The second-order valence-corrected chi connectivity index (χ2v) is 7.13. The Morgan fingerprint density at radius 1 is 1.26 bits per heavy atom. The molecule has 0 aromatic carbocycles. The van der Waals surface area contributed by atoms with Crippen molar-refractivity contribution in [3.8, 4) is 0 Å². The molecule has 4 aliphatic carbocycles. The summed E-state index contributed by atoms with van der Waals surface area (Å²) in [6, 6.07) is 0. The maximum Gasteiger partial charge on any atom is 0.354 e. The van der Waals surface area contributed by atoms with Crippen LogP contribution in [0.25, 0.3) is 0 Å². The molecule has 1 aromatic rings. The number of carboxylic acid groups (broad SMARTS) is 1. The van der Waals surface area contributed by atoms with Crippen molar-refractivity contribution in [3.63, 3.8) is 0 Å². The molecule has 0 atom stereocenters. The molecular formula is C15H20N2O2. The molecule has 1 N–H and O–H groups in total. The van der Waals surface area contributed by atoms with E-state index in [9.17, 15) is 9.90 Å². The van der Waals surface area contributed by atoms with Crippen molar-refractivity contribution in [1.29, 1.82) is 0 Å². The summed E-state index contributed by atoms with van der Waals surface area (Å²) in [4.78, 5) is 15.2. The third-order valence-corrected chi connectivity index (χ3v) is 5.60. The summed E-state index contributed by atoms with van der Waals surface area (Å²) >= 11 is 0. The first kappa shape index (κ1) is 11.5. The SMILES string of the molecule is O=C(O)c1cncn1CC12CC3CC(CC(C3)C1)C2. The third-order valence-electron chi connectivity index (χ3n) is 5.60. The Hall–Kier alpha value is -1.32. The van der Waals surface area contributed by atoms with Crippen LogP contribution in [0.2, 0.25) is 0 Å². The molecule has 5 rings (SSSR count). The van der Waals surface area contributed by atoms with Crippen molar-refractivity contribution in [2.45, 2.75) is 45.1 Å². The van der Waals surface area contributed by atoms with Crippen molar-refractivity contribution in [2.75, 3.05) is 0 Å². The van der Waals surface area contributed by atoms with Gasteiger partial charge in [0.25, 0.3) is 0 Å². The molecule has 0 unspecified atom stereocenters. The van der Waals surface area contributed by atoms with E-state index in [1.165, 1.54) is 44.7 Å². The lowest BCUT2D eigenvalue weighted by atomic mass is 9.49. The molecule has 4 aliphatic rings. The molecule has 102 valence electrons. The zero-order valence-electron chi connectivity index (χ0n) is 11.1. The van der Waals surface area contributed by atoms with Crippen molar-refractivity contribution >= 4 is 5.97 Å². The Morgan fingerprint density at radius 2 is 1.84 bits per heavy atom. The lowest BCUT2D eigenvalue weighted by Crippen LogP contribution is -2.48. The molecule has 4 bridgehead atoms. The van der Waals surface area contributed by atoms with Crippen LogP contribution in [0.15, 0.2) is 12.5 Å². The van der Waals surface area contributed by atoms with Crippen LogP contribution in [0.3, 0.4) is 0 Å². The number of aromatic nitrogens is 2. The quantitative estimate of drug-likeness (QED) is 0.909. The largest absolute Gasteiger partial charge is 0.477 e. The van der Waals surface area contributed by atoms with E-state index in [1.807, 2.05) is 4.57 Å². The molecule has 4 fully saturated rings. The Kier molecular flexibility index (Phi) is 2.32. The zero-order chi connectivity index (χ0) is 13.0. The van der Waals surface area contributed by atoms with Crippen LogP contribution >= 0.6 is 0 Å². The average Bonchev–Trinajstić information content (AvgIpc) is 2.74. The minimum atomic E-state index is -0.859. The van der Waals surface area contributed by atoms with Gasteiger partial charge in [-0.1, -0.05) is 0 Å². The number of nitrogens with zero attached hydrogens (tertiary/aromatic N) is 2. The van der Waals surface area contributed by atoms with E-state index in [0.717, 1.165) is 24.3 Å². The van der Waals surface area contributed by atoms with E-state index >= 15 is 0 Å². The normalized spacial score (nSPS) is 39.7. The summed E-state index contributed by atoms with van der Waals surface area (Å²) in [5.74, 6) is 1.86. The first-order valence-electron chi connectivity index (χ1n) is 7.37. The van der Waals surface area contributed by atoms with E-state index in [-0.39, 0.29) is 0 Å². The van der Waals surface area contributed by atoms with Crippen molar-refractivity contribution < 1.29 is 9.90 Å². The number of rotatable bonds is 3. The lowest BCUT2D eigenvalue weighted by Gasteiger charge is -2.57. The highest BCUT2D eigenvalue weighted by molar-refractivity contribution is 5.85. The number of hydrogen-bond donors (Lipinski definition) is 1. The molecule has 4 heteroatoms.